The molecule has 0 aromatic heterocycles. The summed E-state index contributed by atoms with van der Waals surface area (Å²) in [6, 6.07) is 3.25. The molecular weight excluding hydrogens is 240 g/mol. The summed E-state index contributed by atoms with van der Waals surface area (Å²) in [6.45, 7) is 0. The summed E-state index contributed by atoms with van der Waals surface area (Å²) in [7, 11) is 2.67. The van der Waals surface area contributed by atoms with Crippen LogP contribution in [0.1, 0.15) is 5.56 Å². The number of nitrogens with zero attached hydrogens (tertiary/aromatic N) is 1. The molecule has 7 nitrogen and oxygen atoms in total. The molecule has 2 N–H and O–H groups in total. The lowest BCUT2D eigenvalue weighted by Gasteiger charge is -2.12. The van der Waals surface area contributed by atoms with Gasteiger partial charge >= 0.3 is 5.97 Å². The zero-order chi connectivity index (χ0) is 13.7. The van der Waals surface area contributed by atoms with Gasteiger partial charge in [0.2, 0.25) is 0 Å². The van der Waals surface area contributed by atoms with E-state index in [0.29, 0.717) is 11.3 Å². The van der Waals surface area contributed by atoms with Crippen molar-refractivity contribution in [3.63, 3.8) is 0 Å². The van der Waals surface area contributed by atoms with Gasteiger partial charge < -0.3 is 15.2 Å². The van der Waals surface area contributed by atoms with Gasteiger partial charge in [0, 0.05) is 24.1 Å². The van der Waals surface area contributed by atoms with Crippen molar-refractivity contribution >= 4 is 11.7 Å². The van der Waals surface area contributed by atoms with Crippen LogP contribution in [0.15, 0.2) is 18.2 Å². The largest absolute Gasteiger partial charge is 0.496 e. The van der Waals surface area contributed by atoms with E-state index in [2.05, 4.69) is 4.74 Å². The van der Waals surface area contributed by atoms with Crippen molar-refractivity contribution < 1.29 is 19.2 Å². The average molecular weight is 254 g/mol. The third-order valence-electron chi connectivity index (χ3n) is 2.42. The number of methoxy groups -OCH3 is 2. The van der Waals surface area contributed by atoms with Crippen molar-refractivity contribution in [3.8, 4) is 5.75 Å². The molecule has 0 aliphatic rings. The van der Waals surface area contributed by atoms with E-state index >= 15 is 0 Å². The zero-order valence-electron chi connectivity index (χ0n) is 10.1. The first-order chi connectivity index (χ1) is 8.49. The third-order valence-corrected chi connectivity index (χ3v) is 2.42. The number of hydrogen-bond acceptors (Lipinski definition) is 6. The van der Waals surface area contributed by atoms with Gasteiger partial charge in [0.1, 0.15) is 11.8 Å². The molecule has 98 valence electrons. The molecule has 1 atom stereocenters. The molecule has 1 aromatic carbocycles. The Bertz CT molecular complexity index is 461. The van der Waals surface area contributed by atoms with Gasteiger partial charge in [-0.3, -0.25) is 14.9 Å². The van der Waals surface area contributed by atoms with Crippen molar-refractivity contribution in [2.45, 2.75) is 12.5 Å². The molecule has 0 aliphatic carbocycles. The fourth-order valence-corrected chi connectivity index (χ4v) is 1.51. The van der Waals surface area contributed by atoms with Crippen LogP contribution in [0, 0.1) is 10.1 Å². The fourth-order valence-electron chi connectivity index (χ4n) is 1.51. The van der Waals surface area contributed by atoms with Crippen LogP contribution in [-0.2, 0) is 16.0 Å². The summed E-state index contributed by atoms with van der Waals surface area (Å²) in [5.74, 6) is -0.136. The normalized spacial score (nSPS) is 11.7. The van der Waals surface area contributed by atoms with E-state index < -0.39 is 16.9 Å². The SMILES string of the molecule is COC(=O)[C@H](N)Cc1cc([N+](=O)[O-])ccc1OC. The number of carbonyl (C=O) groups is 1. The molecule has 0 radical (unpaired) electrons. The Balaban J connectivity index is 3.01. The molecule has 0 amide bonds. The molecule has 0 saturated heterocycles. The monoisotopic (exact) mass is 254 g/mol. The van der Waals surface area contributed by atoms with Crippen molar-refractivity contribution in [2.75, 3.05) is 14.2 Å². The highest BCUT2D eigenvalue weighted by molar-refractivity contribution is 5.76. The number of non-ortho nitro benzene ring substituents is 1. The lowest BCUT2D eigenvalue weighted by atomic mass is 10.0. The van der Waals surface area contributed by atoms with Crippen LogP contribution in [0.5, 0.6) is 5.75 Å². The van der Waals surface area contributed by atoms with E-state index in [0.717, 1.165) is 0 Å². The summed E-state index contributed by atoms with van der Waals surface area (Å²) in [5.41, 5.74) is 6.02. The van der Waals surface area contributed by atoms with Gasteiger partial charge in [-0.25, -0.2) is 0 Å². The van der Waals surface area contributed by atoms with Gasteiger partial charge in [-0.1, -0.05) is 0 Å². The molecule has 0 heterocycles. The van der Waals surface area contributed by atoms with Crippen LogP contribution < -0.4 is 10.5 Å². The number of ether oxygens (including phenoxy) is 2. The fraction of sp³-hybridized carbons (Fsp3) is 0.364. The molecule has 0 saturated carbocycles. The smallest absolute Gasteiger partial charge is 0.322 e. The van der Waals surface area contributed by atoms with Gasteiger partial charge in [-0.05, 0) is 6.07 Å². The number of nitrogens with two attached hydrogens (primary N) is 1. The van der Waals surface area contributed by atoms with Gasteiger partial charge in [0.15, 0.2) is 0 Å². The average Bonchev–Trinajstić information content (AvgIpc) is 2.37. The van der Waals surface area contributed by atoms with Crippen molar-refractivity contribution in [2.24, 2.45) is 5.73 Å². The van der Waals surface area contributed by atoms with Gasteiger partial charge in [-0.2, -0.15) is 0 Å². The maximum absolute atomic E-state index is 11.2. The van der Waals surface area contributed by atoms with Gasteiger partial charge in [0.25, 0.3) is 5.69 Å². The third kappa shape index (κ3) is 3.17. The second kappa shape index (κ2) is 5.97. The minimum atomic E-state index is -0.883. The number of nitro benzene ring substituents is 1. The standard InChI is InChI=1S/C11H14N2O5/c1-17-10-4-3-8(13(15)16)5-7(10)6-9(12)11(14)18-2/h3-5,9H,6,12H2,1-2H3/t9-/m1/s1. The molecule has 0 bridgehead atoms. The summed E-state index contributed by atoms with van der Waals surface area (Å²) in [5, 5.41) is 10.7. The quantitative estimate of drug-likeness (QED) is 0.470. The second-order valence-corrected chi connectivity index (χ2v) is 3.59. The molecule has 0 aliphatic heterocycles. The Labute approximate surface area is 104 Å². The van der Waals surface area contributed by atoms with Crippen molar-refractivity contribution in [1.82, 2.24) is 0 Å². The summed E-state index contributed by atoms with van der Waals surface area (Å²) in [6.07, 6.45) is 0.109. The van der Waals surface area contributed by atoms with Crippen molar-refractivity contribution in [3.05, 3.63) is 33.9 Å². The van der Waals surface area contributed by atoms with Gasteiger partial charge in [0.05, 0.1) is 19.1 Å². The topological polar surface area (TPSA) is 105 Å². The van der Waals surface area contributed by atoms with E-state index in [9.17, 15) is 14.9 Å². The predicted molar refractivity (Wildman–Crippen MR) is 63.3 cm³/mol. The van der Waals surface area contributed by atoms with Crippen LogP contribution in [0.4, 0.5) is 5.69 Å². The molecule has 0 spiro atoms. The molecule has 7 heteroatoms. The number of carbonyl (C=O) groups excluding carboxylic acids is 1. The Morgan fingerprint density at radius 1 is 1.50 bits per heavy atom. The summed E-state index contributed by atoms with van der Waals surface area (Å²) >= 11 is 0. The Kier molecular flexibility index (Phi) is 4.61. The molecule has 1 aromatic rings. The number of hydrogen-bond donors (Lipinski definition) is 1. The van der Waals surface area contributed by atoms with Crippen molar-refractivity contribution in [1.29, 1.82) is 0 Å². The maximum Gasteiger partial charge on any atom is 0.322 e. The van der Waals surface area contributed by atoms with Crippen LogP contribution in [0.3, 0.4) is 0 Å². The number of rotatable bonds is 5. The first-order valence-corrected chi connectivity index (χ1v) is 5.14. The maximum atomic E-state index is 11.2. The number of nitro groups is 1. The Morgan fingerprint density at radius 2 is 2.17 bits per heavy atom. The van der Waals surface area contributed by atoms with Crippen LogP contribution in [0.25, 0.3) is 0 Å². The van der Waals surface area contributed by atoms with Crippen LogP contribution in [-0.4, -0.2) is 31.2 Å². The van der Waals surface area contributed by atoms with E-state index in [1.165, 1.54) is 32.4 Å². The molecule has 18 heavy (non-hydrogen) atoms. The number of benzene rings is 1. The summed E-state index contributed by atoms with van der Waals surface area (Å²) in [4.78, 5) is 21.4. The van der Waals surface area contributed by atoms with E-state index in [4.69, 9.17) is 10.5 Å². The molecule has 1 rings (SSSR count). The highest BCUT2D eigenvalue weighted by Crippen LogP contribution is 2.25. The van der Waals surface area contributed by atoms with E-state index in [1.54, 1.807) is 0 Å². The Hall–Kier alpha value is -2.15. The first kappa shape index (κ1) is 13.9. The van der Waals surface area contributed by atoms with Crippen LogP contribution >= 0.6 is 0 Å². The van der Waals surface area contributed by atoms with E-state index in [1.807, 2.05) is 0 Å². The van der Waals surface area contributed by atoms with E-state index in [-0.39, 0.29) is 12.1 Å². The lowest BCUT2D eigenvalue weighted by Crippen LogP contribution is -2.33. The first-order valence-electron chi connectivity index (χ1n) is 5.14. The summed E-state index contributed by atoms with van der Waals surface area (Å²) < 4.78 is 9.56. The second-order valence-electron chi connectivity index (χ2n) is 3.59. The molecule has 0 unspecified atom stereocenters. The highest BCUT2D eigenvalue weighted by Gasteiger charge is 2.19. The molecule has 0 fully saturated rings. The minimum Gasteiger partial charge on any atom is -0.496 e. The highest BCUT2D eigenvalue weighted by atomic mass is 16.6. The predicted octanol–water partition coefficient (Wildman–Crippen LogP) is 0.646. The number of esters is 1. The minimum absolute atomic E-state index is 0.0807. The lowest BCUT2D eigenvalue weighted by molar-refractivity contribution is -0.384. The van der Waals surface area contributed by atoms with Gasteiger partial charge in [-0.15, -0.1) is 0 Å². The zero-order valence-corrected chi connectivity index (χ0v) is 10.1. The van der Waals surface area contributed by atoms with Crippen LogP contribution in [0.2, 0.25) is 0 Å². The Morgan fingerprint density at radius 3 is 2.67 bits per heavy atom. The molecular formula is C11H14N2O5.